The van der Waals surface area contributed by atoms with Crippen LogP contribution in [-0.2, 0) is 16.6 Å². The zero-order valence-electron chi connectivity index (χ0n) is 15.9. The third-order valence-electron chi connectivity index (χ3n) is 5.55. The number of aromatic nitrogens is 3. The number of aromatic amines is 1. The Hall–Kier alpha value is -2.98. The highest BCUT2D eigenvalue weighted by Crippen LogP contribution is 2.37. The summed E-state index contributed by atoms with van der Waals surface area (Å²) in [5, 5.41) is 10.2. The van der Waals surface area contributed by atoms with Crippen LogP contribution in [0.3, 0.4) is 0 Å². The molecule has 0 spiro atoms. The number of H-pyrrole nitrogens is 1. The number of hydrogen-bond acceptors (Lipinski definition) is 6. The third-order valence-corrected chi connectivity index (χ3v) is 7.04. The number of sulfonamides is 1. The van der Waals surface area contributed by atoms with E-state index < -0.39 is 15.8 Å². The normalized spacial score (nSPS) is 22.0. The lowest BCUT2D eigenvalue weighted by Crippen LogP contribution is -2.13. The molecule has 2 atom stereocenters. The molecule has 1 aromatic carbocycles. The van der Waals surface area contributed by atoms with Crippen LogP contribution < -0.4 is 14.8 Å². The van der Waals surface area contributed by atoms with Gasteiger partial charge in [-0.25, -0.2) is 17.5 Å². The number of hydrogen-bond donors (Lipinski definition) is 3. The number of fused-ring (bicyclic) bond motifs is 1. The Bertz CT molecular complexity index is 1180. The Labute approximate surface area is 172 Å². The number of halogens is 1. The summed E-state index contributed by atoms with van der Waals surface area (Å²) in [7, 11) is -3.61. The quantitative estimate of drug-likeness (QED) is 0.575. The van der Waals surface area contributed by atoms with Crippen LogP contribution in [0.1, 0.15) is 36.4 Å². The van der Waals surface area contributed by atoms with E-state index in [0.717, 1.165) is 30.7 Å². The second-order valence-corrected chi connectivity index (χ2v) is 9.24. The van der Waals surface area contributed by atoms with E-state index in [2.05, 4.69) is 25.2 Å². The van der Waals surface area contributed by atoms with E-state index in [1.54, 1.807) is 12.4 Å². The van der Waals surface area contributed by atoms with Crippen molar-refractivity contribution in [2.75, 3.05) is 5.32 Å². The summed E-state index contributed by atoms with van der Waals surface area (Å²) < 4.78 is 46.7. The van der Waals surface area contributed by atoms with Gasteiger partial charge in [-0.3, -0.25) is 10.1 Å². The molecule has 0 unspecified atom stereocenters. The summed E-state index contributed by atoms with van der Waals surface area (Å²) in [4.78, 5) is 4.05. The van der Waals surface area contributed by atoms with Crippen LogP contribution in [0.2, 0.25) is 0 Å². The second-order valence-electron chi connectivity index (χ2n) is 7.50. The summed E-state index contributed by atoms with van der Waals surface area (Å²) >= 11 is 0. The predicted molar refractivity (Wildman–Crippen MR) is 108 cm³/mol. The van der Waals surface area contributed by atoms with Crippen LogP contribution in [0.15, 0.2) is 47.6 Å². The first-order valence-corrected chi connectivity index (χ1v) is 11.2. The maximum Gasteiger partial charge on any atom is 0.241 e. The topological polar surface area (TPSA) is 109 Å². The molecule has 156 valence electrons. The maximum absolute atomic E-state index is 14.7. The molecule has 0 bridgehead atoms. The molecule has 0 radical (unpaired) electrons. The average Bonchev–Trinajstić information content (AvgIpc) is 3.45. The average molecular weight is 429 g/mol. The molecular formula is C20H20FN5O3S. The minimum atomic E-state index is -3.61. The molecule has 1 aliphatic heterocycles. The van der Waals surface area contributed by atoms with E-state index in [1.165, 1.54) is 12.1 Å². The smallest absolute Gasteiger partial charge is 0.241 e. The SMILES string of the molecule is O=S1(=O)NCc2c1ccc(Nc1cc([C@H]3CC[C@@H](Oc4cccnc4)C3)[nH]n1)c2F. The molecule has 5 rings (SSSR count). The Morgan fingerprint density at radius 2 is 2.13 bits per heavy atom. The van der Waals surface area contributed by atoms with Gasteiger partial charge in [0.25, 0.3) is 0 Å². The Morgan fingerprint density at radius 1 is 1.23 bits per heavy atom. The van der Waals surface area contributed by atoms with Crippen molar-refractivity contribution in [3.8, 4) is 5.75 Å². The molecule has 3 aromatic rings. The fourth-order valence-corrected chi connectivity index (χ4v) is 5.27. The Kier molecular flexibility index (Phi) is 4.67. The number of anilines is 2. The zero-order valence-corrected chi connectivity index (χ0v) is 16.7. The lowest BCUT2D eigenvalue weighted by Gasteiger charge is -2.13. The highest BCUT2D eigenvalue weighted by atomic mass is 32.2. The largest absolute Gasteiger partial charge is 0.489 e. The van der Waals surface area contributed by atoms with Crippen molar-refractivity contribution >= 4 is 21.5 Å². The molecular weight excluding hydrogens is 409 g/mol. The van der Waals surface area contributed by atoms with Crippen molar-refractivity contribution in [1.29, 1.82) is 0 Å². The van der Waals surface area contributed by atoms with Crippen LogP contribution in [0.5, 0.6) is 5.75 Å². The van der Waals surface area contributed by atoms with Crippen molar-refractivity contribution in [2.45, 2.75) is 42.7 Å². The van der Waals surface area contributed by atoms with Gasteiger partial charge in [-0.05, 0) is 43.5 Å². The van der Waals surface area contributed by atoms with E-state index in [-0.39, 0.29) is 34.7 Å². The highest BCUT2D eigenvalue weighted by Gasteiger charge is 2.31. The molecule has 8 nitrogen and oxygen atoms in total. The molecule has 1 aliphatic carbocycles. The van der Waals surface area contributed by atoms with Crippen molar-refractivity contribution in [3.05, 3.63) is 59.8 Å². The van der Waals surface area contributed by atoms with Gasteiger partial charge in [0.15, 0.2) is 11.6 Å². The highest BCUT2D eigenvalue weighted by molar-refractivity contribution is 7.89. The van der Waals surface area contributed by atoms with E-state index in [9.17, 15) is 12.8 Å². The van der Waals surface area contributed by atoms with Crippen molar-refractivity contribution in [2.24, 2.45) is 0 Å². The standard InChI is InChI=1S/C20H20FN5O3S/c21-20-15-11-23-30(27,28)18(15)6-5-16(20)24-19-9-17(25-26-19)12-3-4-13(8-12)29-14-2-1-7-22-10-14/h1-2,5-7,9-10,12-13,23H,3-4,8,11H2,(H2,24,25,26)/t12-,13+/m0/s1. The number of nitrogens with zero attached hydrogens (tertiary/aromatic N) is 2. The van der Waals surface area contributed by atoms with Crippen molar-refractivity contribution in [3.63, 3.8) is 0 Å². The van der Waals surface area contributed by atoms with Gasteiger partial charge in [0, 0.05) is 36.0 Å². The maximum atomic E-state index is 14.7. The molecule has 1 fully saturated rings. The number of nitrogens with one attached hydrogen (secondary N) is 3. The predicted octanol–water partition coefficient (Wildman–Crippen LogP) is 3.19. The first kappa shape index (κ1) is 19.0. The summed E-state index contributed by atoms with van der Waals surface area (Å²) in [5.41, 5.74) is 1.29. The van der Waals surface area contributed by atoms with Crippen molar-refractivity contribution in [1.82, 2.24) is 19.9 Å². The number of benzene rings is 1. The first-order valence-electron chi connectivity index (χ1n) is 9.69. The molecule has 30 heavy (non-hydrogen) atoms. The molecule has 3 heterocycles. The number of rotatable bonds is 5. The fraction of sp³-hybridized carbons (Fsp3) is 0.300. The number of ether oxygens (including phenoxy) is 1. The minimum absolute atomic E-state index is 0.0149. The molecule has 0 amide bonds. The molecule has 10 heteroatoms. The zero-order chi connectivity index (χ0) is 20.7. The van der Waals surface area contributed by atoms with Gasteiger partial charge >= 0.3 is 0 Å². The Morgan fingerprint density at radius 3 is 2.97 bits per heavy atom. The molecule has 2 aliphatic rings. The lowest BCUT2D eigenvalue weighted by atomic mass is 10.0. The molecule has 3 N–H and O–H groups in total. The van der Waals surface area contributed by atoms with Crippen LogP contribution in [0.25, 0.3) is 0 Å². The van der Waals surface area contributed by atoms with Crippen LogP contribution in [0, 0.1) is 5.82 Å². The van der Waals surface area contributed by atoms with Gasteiger partial charge in [0.1, 0.15) is 5.75 Å². The van der Waals surface area contributed by atoms with E-state index in [4.69, 9.17) is 4.74 Å². The third kappa shape index (κ3) is 3.52. The summed E-state index contributed by atoms with van der Waals surface area (Å²) in [6.07, 6.45) is 6.28. The fourth-order valence-electron chi connectivity index (χ4n) is 4.05. The second kappa shape index (κ2) is 7.37. The van der Waals surface area contributed by atoms with Gasteiger partial charge in [0.05, 0.1) is 22.9 Å². The van der Waals surface area contributed by atoms with Gasteiger partial charge in [-0.15, -0.1) is 0 Å². The minimum Gasteiger partial charge on any atom is -0.489 e. The van der Waals surface area contributed by atoms with Crippen LogP contribution in [0.4, 0.5) is 15.9 Å². The van der Waals surface area contributed by atoms with Gasteiger partial charge in [0.2, 0.25) is 10.0 Å². The van der Waals surface area contributed by atoms with Crippen molar-refractivity contribution < 1.29 is 17.5 Å². The number of pyridine rings is 1. The van der Waals surface area contributed by atoms with Gasteiger partial charge in [-0.1, -0.05) is 0 Å². The molecule has 1 saturated carbocycles. The summed E-state index contributed by atoms with van der Waals surface area (Å²) in [6.45, 7) is -0.0504. The van der Waals surface area contributed by atoms with Crippen LogP contribution in [-0.4, -0.2) is 29.7 Å². The van der Waals surface area contributed by atoms with Gasteiger partial charge in [-0.2, -0.15) is 5.10 Å². The Balaban J connectivity index is 1.27. The van der Waals surface area contributed by atoms with E-state index in [1.807, 2.05) is 18.2 Å². The summed E-state index contributed by atoms with van der Waals surface area (Å²) in [5.74, 6) is 0.929. The summed E-state index contributed by atoms with van der Waals surface area (Å²) in [6, 6.07) is 8.42. The van der Waals surface area contributed by atoms with Gasteiger partial charge < -0.3 is 10.1 Å². The molecule has 0 saturated heterocycles. The lowest BCUT2D eigenvalue weighted by molar-refractivity contribution is 0.207. The van der Waals surface area contributed by atoms with E-state index in [0.29, 0.717) is 5.82 Å². The van der Waals surface area contributed by atoms with E-state index >= 15 is 0 Å². The molecule has 2 aromatic heterocycles. The van der Waals surface area contributed by atoms with Crippen LogP contribution >= 0.6 is 0 Å². The monoisotopic (exact) mass is 429 g/mol. The first-order chi connectivity index (χ1) is 14.5.